The van der Waals surface area contributed by atoms with Crippen LogP contribution < -0.4 is 30.4 Å². The molecule has 0 amide bonds. The number of hydrogen-bond donors (Lipinski definition) is 0. The van der Waals surface area contributed by atoms with Crippen molar-refractivity contribution >= 4 is 79.2 Å². The van der Waals surface area contributed by atoms with Gasteiger partial charge in [-0.25, -0.2) is 0 Å². The van der Waals surface area contributed by atoms with Crippen LogP contribution in [0.1, 0.15) is 0 Å². The fourth-order valence-electron chi connectivity index (χ4n) is 8.83. The van der Waals surface area contributed by atoms with Crippen LogP contribution in [-0.2, 0) is 0 Å². The molecule has 254 valence electrons. The average molecular weight is 724 g/mol. The molecule has 2 aliphatic rings. The minimum atomic E-state index is -2.67. The summed E-state index contributed by atoms with van der Waals surface area (Å²) in [7, 11) is -2.67. The van der Waals surface area contributed by atoms with Gasteiger partial charge in [0, 0.05) is 26.6 Å². The summed E-state index contributed by atoms with van der Waals surface area (Å²) in [4.78, 5) is 5.07. The van der Waals surface area contributed by atoms with Crippen LogP contribution in [0.5, 0.6) is 11.5 Å². The maximum absolute atomic E-state index is 6.87. The van der Waals surface area contributed by atoms with E-state index in [4.69, 9.17) is 4.74 Å². The Kier molecular flexibility index (Phi) is 7.16. The van der Waals surface area contributed by atoms with Gasteiger partial charge in [-0.1, -0.05) is 157 Å². The molecule has 0 saturated carbocycles. The normalized spacial score (nSPS) is 13.4. The van der Waals surface area contributed by atoms with E-state index in [-0.39, 0.29) is 0 Å². The topological polar surface area (TPSA) is 12.5 Å². The second-order valence-corrected chi connectivity index (χ2v) is 18.8. The van der Waals surface area contributed by atoms with Gasteiger partial charge in [-0.2, -0.15) is 0 Å². The van der Waals surface area contributed by atoms with Crippen molar-refractivity contribution in [3.05, 3.63) is 200 Å². The van der Waals surface area contributed by atoms with Crippen molar-refractivity contribution < 1.29 is 4.74 Å². The van der Waals surface area contributed by atoms with Crippen LogP contribution in [0, 0.1) is 0 Å². The summed E-state index contributed by atoms with van der Waals surface area (Å²) in [6, 6.07) is 73.2. The smallest absolute Gasteiger partial charge is 0.190 e. The van der Waals surface area contributed by atoms with Crippen LogP contribution in [0.4, 0.5) is 17.1 Å². The van der Waals surface area contributed by atoms with Gasteiger partial charge in [-0.3, -0.25) is 0 Å². The van der Waals surface area contributed by atoms with Crippen LogP contribution in [0.15, 0.2) is 210 Å². The zero-order valence-electron chi connectivity index (χ0n) is 29.3. The zero-order valence-corrected chi connectivity index (χ0v) is 31.1. The molecule has 0 unspecified atom stereocenters. The highest BCUT2D eigenvalue weighted by atomic mass is 32.2. The summed E-state index contributed by atoms with van der Waals surface area (Å²) < 4.78 is 6.87. The molecule has 0 aromatic heterocycles. The zero-order chi connectivity index (χ0) is 35.6. The summed E-state index contributed by atoms with van der Waals surface area (Å²) >= 11 is 1.89. The van der Waals surface area contributed by atoms with E-state index in [2.05, 4.69) is 205 Å². The average Bonchev–Trinajstić information content (AvgIpc) is 3.24. The predicted octanol–water partition coefficient (Wildman–Crippen LogP) is 11.1. The third-order valence-electron chi connectivity index (χ3n) is 11.2. The van der Waals surface area contributed by atoms with Gasteiger partial charge in [0.05, 0.1) is 5.69 Å². The highest BCUT2D eigenvalue weighted by Gasteiger charge is 2.51. The molecule has 11 rings (SSSR count). The number of para-hydroxylation sites is 2. The van der Waals surface area contributed by atoms with Crippen molar-refractivity contribution in [2.24, 2.45) is 0 Å². The number of nitrogens with zero attached hydrogens (tertiary/aromatic N) is 1. The maximum Gasteiger partial charge on any atom is 0.190 e. The summed E-state index contributed by atoms with van der Waals surface area (Å²) in [6.07, 6.45) is 0. The van der Waals surface area contributed by atoms with E-state index in [9.17, 15) is 0 Å². The lowest BCUT2D eigenvalue weighted by Crippen LogP contribution is -2.77. The van der Waals surface area contributed by atoms with Gasteiger partial charge >= 0.3 is 0 Å². The van der Waals surface area contributed by atoms with Crippen molar-refractivity contribution in [3.8, 4) is 22.6 Å². The van der Waals surface area contributed by atoms with Crippen LogP contribution in [0.25, 0.3) is 32.7 Å². The summed E-state index contributed by atoms with van der Waals surface area (Å²) in [6.45, 7) is 0. The molecule has 2 nitrogen and oxygen atoms in total. The van der Waals surface area contributed by atoms with Gasteiger partial charge in [0.1, 0.15) is 11.5 Å². The molecule has 0 fully saturated rings. The Morgan fingerprint density at radius 1 is 0.389 bits per heavy atom. The molecule has 0 saturated heterocycles. The van der Waals surface area contributed by atoms with Crippen molar-refractivity contribution in [1.29, 1.82) is 0 Å². The number of benzene rings is 9. The molecule has 9 aromatic rings. The number of rotatable bonds is 4. The van der Waals surface area contributed by atoms with Gasteiger partial charge in [0.25, 0.3) is 0 Å². The van der Waals surface area contributed by atoms with Crippen molar-refractivity contribution in [2.75, 3.05) is 4.90 Å². The first-order valence-electron chi connectivity index (χ1n) is 18.4. The maximum atomic E-state index is 6.87. The standard InChI is InChI=1S/C50H33NOSSi/c1-2-15-37(16-3-1)51(42-32-36-14-4-5-17-39(36)40-18-6-7-19-41(40)42)38-29-26-34(27-30-38)35-28-31-48-44(33-35)52-43-20-8-11-23-47(43)54(48)49-24-12-9-21-45(49)53-46-22-10-13-25-50(46)54/h1-33H. The van der Waals surface area contributed by atoms with Gasteiger partial charge in [0.15, 0.2) is 8.07 Å². The van der Waals surface area contributed by atoms with Crippen LogP contribution in [0.3, 0.4) is 0 Å². The highest BCUT2D eigenvalue weighted by molar-refractivity contribution is 8.00. The Labute approximate surface area is 320 Å². The second kappa shape index (κ2) is 12.4. The van der Waals surface area contributed by atoms with Crippen LogP contribution in [0.2, 0.25) is 0 Å². The van der Waals surface area contributed by atoms with E-state index in [0.717, 1.165) is 39.7 Å². The molecule has 0 N–H and O–H groups in total. The number of fused-ring (bicyclic) bond motifs is 11. The lowest BCUT2D eigenvalue weighted by Gasteiger charge is -2.43. The summed E-state index contributed by atoms with van der Waals surface area (Å²) in [5.74, 6) is 1.91. The SMILES string of the molecule is c1ccc(N(c2ccc(-c3ccc4c(c3)Oc3ccccc3[Si]43c4ccccc4Sc4ccccc43)cc2)c2cc3ccccc3c3ccccc23)cc1. The molecule has 54 heavy (non-hydrogen) atoms. The third kappa shape index (κ3) is 4.67. The number of ether oxygens (including phenoxy) is 1. The lowest BCUT2D eigenvalue weighted by atomic mass is 9.98. The predicted molar refractivity (Wildman–Crippen MR) is 229 cm³/mol. The molecule has 0 atom stereocenters. The van der Waals surface area contributed by atoms with Crippen LogP contribution >= 0.6 is 11.8 Å². The largest absolute Gasteiger partial charge is 0.458 e. The van der Waals surface area contributed by atoms with Gasteiger partial charge in [0.2, 0.25) is 0 Å². The third-order valence-corrected chi connectivity index (χ3v) is 17.6. The molecule has 2 aliphatic heterocycles. The molecule has 1 spiro atoms. The molecule has 0 bridgehead atoms. The van der Waals surface area contributed by atoms with E-state index < -0.39 is 8.07 Å². The van der Waals surface area contributed by atoms with Gasteiger partial charge in [-0.05, 0) is 103 Å². The van der Waals surface area contributed by atoms with Crippen molar-refractivity contribution in [3.63, 3.8) is 0 Å². The molecule has 9 aromatic carbocycles. The van der Waals surface area contributed by atoms with Gasteiger partial charge in [-0.15, -0.1) is 0 Å². The first-order chi connectivity index (χ1) is 26.8. The van der Waals surface area contributed by atoms with Crippen LogP contribution in [-0.4, -0.2) is 8.07 Å². The Morgan fingerprint density at radius 2 is 0.944 bits per heavy atom. The summed E-state index contributed by atoms with van der Waals surface area (Å²) in [5, 5.41) is 10.5. The first-order valence-corrected chi connectivity index (χ1v) is 21.2. The fraction of sp³-hybridized carbons (Fsp3) is 0. The van der Waals surface area contributed by atoms with E-state index in [1.807, 2.05) is 11.8 Å². The molecular weight excluding hydrogens is 691 g/mol. The highest BCUT2D eigenvalue weighted by Crippen LogP contribution is 2.43. The molecule has 0 aliphatic carbocycles. The fourth-order valence-corrected chi connectivity index (χ4v) is 16.0. The molecule has 2 heterocycles. The monoisotopic (exact) mass is 723 g/mol. The minimum absolute atomic E-state index is 0.951. The Balaban J connectivity index is 1.06. The Hall–Kier alpha value is -6.33. The number of hydrogen-bond acceptors (Lipinski definition) is 3. The van der Waals surface area contributed by atoms with E-state index >= 15 is 0 Å². The Bertz CT molecular complexity index is 2840. The number of anilines is 3. The first kappa shape index (κ1) is 31.2. The second-order valence-electron chi connectivity index (χ2n) is 14.0. The van der Waals surface area contributed by atoms with Crippen molar-refractivity contribution in [2.45, 2.75) is 9.79 Å². The van der Waals surface area contributed by atoms with E-state index in [0.29, 0.717) is 0 Å². The van der Waals surface area contributed by atoms with Gasteiger partial charge < -0.3 is 9.64 Å². The lowest BCUT2D eigenvalue weighted by molar-refractivity contribution is 0.487. The summed E-state index contributed by atoms with van der Waals surface area (Å²) in [5.41, 5.74) is 5.67. The Morgan fingerprint density at radius 3 is 1.70 bits per heavy atom. The van der Waals surface area contributed by atoms with E-state index in [1.165, 1.54) is 52.1 Å². The molecule has 0 radical (unpaired) electrons. The van der Waals surface area contributed by atoms with Crippen molar-refractivity contribution in [1.82, 2.24) is 0 Å². The molecule has 4 heteroatoms. The van der Waals surface area contributed by atoms with E-state index in [1.54, 1.807) is 0 Å². The quantitative estimate of drug-likeness (QED) is 0.133. The molecular formula is C50H33NOSSi. The minimum Gasteiger partial charge on any atom is -0.458 e.